The van der Waals surface area contributed by atoms with Gasteiger partial charge in [-0.2, -0.15) is 11.8 Å². The normalized spacial score (nSPS) is 22.5. The lowest BCUT2D eigenvalue weighted by molar-refractivity contribution is 0.366. The monoisotopic (exact) mass is 241 g/mol. The maximum absolute atomic E-state index is 5.78. The van der Waals surface area contributed by atoms with Gasteiger partial charge in [-0.25, -0.2) is 0 Å². The zero-order chi connectivity index (χ0) is 11.4. The summed E-state index contributed by atoms with van der Waals surface area (Å²) in [5.41, 5.74) is 0. The Morgan fingerprint density at radius 3 is 3.00 bits per heavy atom. The number of nitrogens with one attached hydrogen (secondary N) is 1. The molecule has 2 atom stereocenters. The van der Waals surface area contributed by atoms with Crippen LogP contribution in [0.4, 0.5) is 0 Å². The van der Waals surface area contributed by atoms with E-state index in [4.69, 9.17) is 4.42 Å². The van der Waals surface area contributed by atoms with Crippen molar-refractivity contribution in [1.29, 1.82) is 0 Å². The highest BCUT2D eigenvalue weighted by Crippen LogP contribution is 2.32. The number of rotatable bonds is 5. The highest BCUT2D eigenvalue weighted by Gasteiger charge is 2.24. The molecule has 16 heavy (non-hydrogen) atoms. The van der Waals surface area contributed by atoms with E-state index in [-0.39, 0.29) is 6.04 Å². The minimum Gasteiger partial charge on any atom is -0.423 e. The number of aromatic nitrogens is 2. The van der Waals surface area contributed by atoms with E-state index >= 15 is 0 Å². The molecule has 0 bridgehead atoms. The fourth-order valence-electron chi connectivity index (χ4n) is 1.93. The molecule has 1 aliphatic heterocycles. The Balaban J connectivity index is 2.05. The molecule has 0 saturated carbocycles. The molecule has 0 aliphatic carbocycles. The lowest BCUT2D eigenvalue weighted by atomic mass is 10.1. The van der Waals surface area contributed by atoms with Gasteiger partial charge in [0.1, 0.15) is 0 Å². The molecule has 2 heterocycles. The molecule has 90 valence electrons. The first-order chi connectivity index (χ1) is 7.85. The first-order valence-electron chi connectivity index (χ1n) is 5.99. The van der Waals surface area contributed by atoms with E-state index in [1.165, 1.54) is 12.2 Å². The van der Waals surface area contributed by atoms with E-state index in [9.17, 15) is 0 Å². The highest BCUT2D eigenvalue weighted by atomic mass is 32.2. The summed E-state index contributed by atoms with van der Waals surface area (Å²) in [6.07, 6.45) is 2.15. The summed E-state index contributed by atoms with van der Waals surface area (Å²) < 4.78 is 5.78. The first-order valence-corrected chi connectivity index (χ1v) is 7.15. The standard InChI is InChI=1S/C11H19N3OS/c1-3-9(12-4-2)11-14-13-10(15-11)8-5-6-16-7-8/h8-9,12H,3-7H2,1-2H3. The van der Waals surface area contributed by atoms with Crippen LogP contribution in [-0.2, 0) is 0 Å². The van der Waals surface area contributed by atoms with Gasteiger partial charge < -0.3 is 9.73 Å². The lowest BCUT2D eigenvalue weighted by Gasteiger charge is -2.10. The Morgan fingerprint density at radius 2 is 2.38 bits per heavy atom. The molecule has 1 aliphatic rings. The third kappa shape index (κ3) is 2.58. The molecule has 1 N–H and O–H groups in total. The van der Waals surface area contributed by atoms with Crippen LogP contribution >= 0.6 is 11.8 Å². The van der Waals surface area contributed by atoms with E-state index in [0.717, 1.165) is 30.5 Å². The smallest absolute Gasteiger partial charge is 0.233 e. The fourth-order valence-corrected chi connectivity index (χ4v) is 3.15. The van der Waals surface area contributed by atoms with Crippen molar-refractivity contribution in [1.82, 2.24) is 15.5 Å². The zero-order valence-electron chi connectivity index (χ0n) is 9.90. The van der Waals surface area contributed by atoms with Crippen LogP contribution < -0.4 is 5.32 Å². The molecule has 1 aromatic rings. The van der Waals surface area contributed by atoms with Gasteiger partial charge in [0.25, 0.3) is 0 Å². The molecule has 5 heteroatoms. The van der Waals surface area contributed by atoms with Crippen LogP contribution in [0.2, 0.25) is 0 Å². The minimum absolute atomic E-state index is 0.209. The Bertz CT molecular complexity index is 323. The Morgan fingerprint density at radius 1 is 1.50 bits per heavy atom. The first kappa shape index (κ1) is 11.9. The average Bonchev–Trinajstić information content (AvgIpc) is 2.95. The summed E-state index contributed by atoms with van der Waals surface area (Å²) >= 11 is 1.97. The second-order valence-electron chi connectivity index (χ2n) is 4.06. The number of nitrogens with zero attached hydrogens (tertiary/aromatic N) is 2. The van der Waals surface area contributed by atoms with Crippen molar-refractivity contribution in [3.05, 3.63) is 11.8 Å². The molecule has 2 unspecified atom stereocenters. The van der Waals surface area contributed by atoms with Crippen LogP contribution in [0.15, 0.2) is 4.42 Å². The highest BCUT2D eigenvalue weighted by molar-refractivity contribution is 7.99. The summed E-state index contributed by atoms with van der Waals surface area (Å²) in [4.78, 5) is 0. The van der Waals surface area contributed by atoms with Crippen molar-refractivity contribution in [3.63, 3.8) is 0 Å². The lowest BCUT2D eigenvalue weighted by Crippen LogP contribution is -2.20. The minimum atomic E-state index is 0.209. The van der Waals surface area contributed by atoms with Crippen LogP contribution in [0.5, 0.6) is 0 Å². The van der Waals surface area contributed by atoms with Gasteiger partial charge in [-0.05, 0) is 25.1 Å². The molecule has 0 spiro atoms. The van der Waals surface area contributed by atoms with Gasteiger partial charge in [-0.1, -0.05) is 13.8 Å². The average molecular weight is 241 g/mol. The quantitative estimate of drug-likeness (QED) is 0.857. The molecular weight excluding hydrogens is 222 g/mol. The molecular formula is C11H19N3OS. The number of thioether (sulfide) groups is 1. The Hall–Kier alpha value is -0.550. The zero-order valence-corrected chi connectivity index (χ0v) is 10.7. The Kier molecular flexibility index (Phi) is 4.23. The largest absolute Gasteiger partial charge is 0.423 e. The molecule has 0 aromatic carbocycles. The predicted octanol–water partition coefficient (Wildman–Crippen LogP) is 2.35. The van der Waals surface area contributed by atoms with E-state index in [2.05, 4.69) is 29.4 Å². The molecule has 1 aromatic heterocycles. The maximum atomic E-state index is 5.78. The predicted molar refractivity (Wildman–Crippen MR) is 65.7 cm³/mol. The van der Waals surface area contributed by atoms with Crippen molar-refractivity contribution in [2.24, 2.45) is 0 Å². The SMILES string of the molecule is CCNC(CC)c1nnc(C2CCSC2)o1. The van der Waals surface area contributed by atoms with Gasteiger partial charge in [-0.15, -0.1) is 10.2 Å². The summed E-state index contributed by atoms with van der Waals surface area (Å²) in [6, 6.07) is 0.209. The summed E-state index contributed by atoms with van der Waals surface area (Å²) in [6.45, 7) is 5.14. The van der Waals surface area contributed by atoms with Crippen LogP contribution in [0.25, 0.3) is 0 Å². The van der Waals surface area contributed by atoms with Crippen LogP contribution in [0.3, 0.4) is 0 Å². The van der Waals surface area contributed by atoms with Gasteiger partial charge in [-0.3, -0.25) is 0 Å². The fraction of sp³-hybridized carbons (Fsp3) is 0.818. The molecule has 4 nitrogen and oxygen atoms in total. The van der Waals surface area contributed by atoms with Crippen LogP contribution in [0, 0.1) is 0 Å². The molecule has 2 rings (SSSR count). The van der Waals surface area contributed by atoms with Crippen molar-refractivity contribution in [3.8, 4) is 0 Å². The van der Waals surface area contributed by atoms with Gasteiger partial charge in [0.2, 0.25) is 11.8 Å². The molecule has 1 fully saturated rings. The van der Waals surface area contributed by atoms with E-state index in [1.807, 2.05) is 11.8 Å². The third-order valence-corrected chi connectivity index (χ3v) is 4.05. The number of hydrogen-bond acceptors (Lipinski definition) is 5. The van der Waals surface area contributed by atoms with Crippen molar-refractivity contribution in [2.75, 3.05) is 18.1 Å². The van der Waals surface area contributed by atoms with Crippen molar-refractivity contribution >= 4 is 11.8 Å². The van der Waals surface area contributed by atoms with Crippen LogP contribution in [-0.4, -0.2) is 28.2 Å². The van der Waals surface area contributed by atoms with E-state index in [1.54, 1.807) is 0 Å². The van der Waals surface area contributed by atoms with Gasteiger partial charge in [0, 0.05) is 11.7 Å². The summed E-state index contributed by atoms with van der Waals surface area (Å²) in [5.74, 6) is 4.39. The third-order valence-electron chi connectivity index (χ3n) is 2.89. The summed E-state index contributed by atoms with van der Waals surface area (Å²) in [5, 5.41) is 11.7. The van der Waals surface area contributed by atoms with Crippen molar-refractivity contribution < 1.29 is 4.42 Å². The van der Waals surface area contributed by atoms with Crippen LogP contribution in [0.1, 0.15) is 50.4 Å². The van der Waals surface area contributed by atoms with E-state index < -0.39 is 0 Å². The molecule has 1 saturated heterocycles. The van der Waals surface area contributed by atoms with Gasteiger partial charge in [0.15, 0.2) is 0 Å². The van der Waals surface area contributed by atoms with Crippen molar-refractivity contribution in [2.45, 2.75) is 38.6 Å². The second-order valence-corrected chi connectivity index (χ2v) is 5.21. The van der Waals surface area contributed by atoms with Gasteiger partial charge >= 0.3 is 0 Å². The van der Waals surface area contributed by atoms with Gasteiger partial charge in [0.05, 0.1) is 6.04 Å². The number of hydrogen-bond donors (Lipinski definition) is 1. The Labute approximate surface area is 101 Å². The second kappa shape index (κ2) is 5.68. The topological polar surface area (TPSA) is 51.0 Å². The van der Waals surface area contributed by atoms with E-state index in [0.29, 0.717) is 5.92 Å². The summed E-state index contributed by atoms with van der Waals surface area (Å²) in [7, 11) is 0. The molecule has 0 amide bonds. The maximum Gasteiger partial charge on any atom is 0.233 e. The molecule has 0 radical (unpaired) electrons.